The number of thiocarbonyl (C=S) groups is 1. The standard InChI is InChI=1S/C3H6N2OS/c1-6-5-2-3(4)7/h2H,1H3,(H2,4,7)/b5-2+. The molecule has 0 saturated carbocycles. The summed E-state index contributed by atoms with van der Waals surface area (Å²) in [5.74, 6) is 0. The summed E-state index contributed by atoms with van der Waals surface area (Å²) in [4.78, 5) is 4.48. The average Bonchev–Trinajstić information content (AvgIpc) is 1.61. The maximum Gasteiger partial charge on any atom is 0.118 e. The van der Waals surface area contributed by atoms with Gasteiger partial charge in [0.05, 0.1) is 0 Å². The Bertz CT molecular complexity index is 90.9. The van der Waals surface area contributed by atoms with Gasteiger partial charge in [0.15, 0.2) is 0 Å². The molecule has 0 aliphatic rings. The van der Waals surface area contributed by atoms with E-state index >= 15 is 0 Å². The van der Waals surface area contributed by atoms with Gasteiger partial charge in [0.1, 0.15) is 18.3 Å². The lowest BCUT2D eigenvalue weighted by Gasteiger charge is -1.81. The molecule has 0 saturated heterocycles. The third-order valence-corrected chi connectivity index (χ3v) is 0.391. The minimum absolute atomic E-state index is 0.224. The van der Waals surface area contributed by atoms with Crippen LogP contribution >= 0.6 is 12.2 Å². The predicted octanol–water partition coefficient (Wildman–Crippen LogP) is -0.0953. The Hall–Kier alpha value is -0.640. The van der Waals surface area contributed by atoms with Gasteiger partial charge in [-0.2, -0.15) is 0 Å². The van der Waals surface area contributed by atoms with Crippen LogP contribution in [0.25, 0.3) is 0 Å². The molecule has 0 unspecified atom stereocenters. The van der Waals surface area contributed by atoms with Gasteiger partial charge in [-0.05, 0) is 0 Å². The highest BCUT2D eigenvalue weighted by atomic mass is 32.1. The van der Waals surface area contributed by atoms with E-state index in [4.69, 9.17) is 5.73 Å². The number of nitrogens with zero attached hydrogens (tertiary/aromatic N) is 1. The monoisotopic (exact) mass is 118 g/mol. The smallest absolute Gasteiger partial charge is 0.118 e. The van der Waals surface area contributed by atoms with Crippen LogP contribution < -0.4 is 5.73 Å². The highest BCUT2D eigenvalue weighted by Crippen LogP contribution is 1.62. The van der Waals surface area contributed by atoms with E-state index in [0.29, 0.717) is 0 Å². The average molecular weight is 118 g/mol. The number of oxime groups is 1. The van der Waals surface area contributed by atoms with Crippen molar-refractivity contribution < 1.29 is 4.84 Å². The molecule has 0 aliphatic carbocycles. The summed E-state index contributed by atoms with van der Waals surface area (Å²) < 4.78 is 0. The fourth-order valence-electron chi connectivity index (χ4n) is 0.105. The molecule has 0 atom stereocenters. The molecule has 0 spiro atoms. The molecular formula is C3H6N2OS. The third kappa shape index (κ3) is 5.36. The zero-order chi connectivity index (χ0) is 5.70. The summed E-state index contributed by atoms with van der Waals surface area (Å²) in [5.41, 5.74) is 4.98. The van der Waals surface area contributed by atoms with E-state index in [0.717, 1.165) is 0 Å². The van der Waals surface area contributed by atoms with Gasteiger partial charge in [-0.1, -0.05) is 17.4 Å². The molecule has 0 rings (SSSR count). The van der Waals surface area contributed by atoms with Crippen LogP contribution in [0.1, 0.15) is 0 Å². The van der Waals surface area contributed by atoms with Crippen molar-refractivity contribution in [2.75, 3.05) is 7.11 Å². The molecule has 3 nitrogen and oxygen atoms in total. The van der Waals surface area contributed by atoms with Crippen LogP contribution in [0.2, 0.25) is 0 Å². The Balaban J connectivity index is 3.26. The largest absolute Gasteiger partial charge is 0.399 e. The normalized spacial score (nSPS) is 9.29. The van der Waals surface area contributed by atoms with E-state index in [1.807, 2.05) is 0 Å². The van der Waals surface area contributed by atoms with Gasteiger partial charge in [-0.3, -0.25) is 0 Å². The van der Waals surface area contributed by atoms with Gasteiger partial charge in [-0.15, -0.1) is 0 Å². The van der Waals surface area contributed by atoms with Crippen LogP contribution in [0, 0.1) is 0 Å². The zero-order valence-corrected chi connectivity index (χ0v) is 4.73. The molecule has 0 fully saturated rings. The maximum atomic E-state index is 4.98. The van der Waals surface area contributed by atoms with Gasteiger partial charge >= 0.3 is 0 Å². The van der Waals surface area contributed by atoms with Crippen molar-refractivity contribution >= 4 is 23.4 Å². The number of hydrogen-bond acceptors (Lipinski definition) is 3. The summed E-state index contributed by atoms with van der Waals surface area (Å²) in [5, 5.41) is 3.28. The van der Waals surface area contributed by atoms with Gasteiger partial charge in [-0.25, -0.2) is 0 Å². The summed E-state index contributed by atoms with van der Waals surface area (Å²) in [7, 11) is 1.43. The second-order valence-corrected chi connectivity index (χ2v) is 1.29. The molecule has 0 heterocycles. The second-order valence-electron chi connectivity index (χ2n) is 0.819. The van der Waals surface area contributed by atoms with E-state index in [1.54, 1.807) is 0 Å². The van der Waals surface area contributed by atoms with Crippen molar-refractivity contribution in [3.8, 4) is 0 Å². The van der Waals surface area contributed by atoms with Gasteiger partial charge in [0.2, 0.25) is 0 Å². The molecule has 7 heavy (non-hydrogen) atoms. The van der Waals surface area contributed by atoms with Crippen LogP contribution in [0.15, 0.2) is 5.16 Å². The van der Waals surface area contributed by atoms with Crippen molar-refractivity contribution in [1.82, 2.24) is 0 Å². The fraction of sp³-hybridized carbons (Fsp3) is 0.333. The van der Waals surface area contributed by atoms with E-state index < -0.39 is 0 Å². The number of rotatable bonds is 2. The van der Waals surface area contributed by atoms with E-state index in [-0.39, 0.29) is 4.99 Å². The highest BCUT2D eigenvalue weighted by Gasteiger charge is 1.72. The SMILES string of the molecule is CO/N=C/C(N)=S. The maximum absolute atomic E-state index is 4.98. The Kier molecular flexibility index (Phi) is 3.22. The molecular weight excluding hydrogens is 112 g/mol. The molecule has 40 valence electrons. The molecule has 0 aromatic rings. The van der Waals surface area contributed by atoms with E-state index in [2.05, 4.69) is 22.2 Å². The number of nitrogens with two attached hydrogens (primary N) is 1. The predicted molar refractivity (Wildman–Crippen MR) is 32.3 cm³/mol. The minimum atomic E-state index is 0.224. The van der Waals surface area contributed by atoms with Crippen molar-refractivity contribution in [2.45, 2.75) is 0 Å². The van der Waals surface area contributed by atoms with Crippen LogP contribution in [-0.2, 0) is 4.84 Å². The highest BCUT2D eigenvalue weighted by molar-refractivity contribution is 7.81. The molecule has 0 bridgehead atoms. The molecule has 0 aliphatic heterocycles. The Morgan fingerprint density at radius 3 is 2.71 bits per heavy atom. The number of hydrogen-bond donors (Lipinski definition) is 1. The van der Waals surface area contributed by atoms with Crippen LogP contribution in [-0.4, -0.2) is 18.3 Å². The van der Waals surface area contributed by atoms with Crippen molar-refractivity contribution in [3.63, 3.8) is 0 Å². The lowest BCUT2D eigenvalue weighted by atomic mass is 10.8. The molecule has 0 aromatic heterocycles. The van der Waals surface area contributed by atoms with Crippen molar-refractivity contribution in [2.24, 2.45) is 10.9 Å². The zero-order valence-electron chi connectivity index (χ0n) is 3.92. The Morgan fingerprint density at radius 1 is 2.00 bits per heavy atom. The summed E-state index contributed by atoms with van der Waals surface area (Å²) >= 11 is 4.41. The summed E-state index contributed by atoms with van der Waals surface area (Å²) in [6.45, 7) is 0. The lowest BCUT2D eigenvalue weighted by molar-refractivity contribution is 0.216. The van der Waals surface area contributed by atoms with Crippen LogP contribution in [0.3, 0.4) is 0 Å². The van der Waals surface area contributed by atoms with Crippen molar-refractivity contribution in [1.29, 1.82) is 0 Å². The first-order valence-electron chi connectivity index (χ1n) is 1.63. The first kappa shape index (κ1) is 6.36. The molecule has 4 heteroatoms. The van der Waals surface area contributed by atoms with Gasteiger partial charge < -0.3 is 10.6 Å². The van der Waals surface area contributed by atoms with Gasteiger partial charge in [0.25, 0.3) is 0 Å². The minimum Gasteiger partial charge on any atom is -0.399 e. The summed E-state index contributed by atoms with van der Waals surface area (Å²) in [6.07, 6.45) is 1.26. The molecule has 0 aromatic carbocycles. The first-order valence-corrected chi connectivity index (χ1v) is 2.04. The van der Waals surface area contributed by atoms with Crippen LogP contribution in [0.4, 0.5) is 0 Å². The third-order valence-electron chi connectivity index (χ3n) is 0.285. The Labute approximate surface area is 47.1 Å². The second kappa shape index (κ2) is 3.55. The molecule has 0 radical (unpaired) electrons. The van der Waals surface area contributed by atoms with Gasteiger partial charge in [0, 0.05) is 0 Å². The van der Waals surface area contributed by atoms with Crippen molar-refractivity contribution in [3.05, 3.63) is 0 Å². The lowest BCUT2D eigenvalue weighted by Crippen LogP contribution is -2.08. The quantitative estimate of drug-likeness (QED) is 0.313. The first-order chi connectivity index (χ1) is 3.27. The van der Waals surface area contributed by atoms with E-state index in [9.17, 15) is 0 Å². The van der Waals surface area contributed by atoms with Crippen LogP contribution in [0.5, 0.6) is 0 Å². The van der Waals surface area contributed by atoms with E-state index in [1.165, 1.54) is 13.3 Å². The Morgan fingerprint density at radius 2 is 2.57 bits per heavy atom. The topological polar surface area (TPSA) is 47.6 Å². The molecule has 2 N–H and O–H groups in total. The summed E-state index contributed by atoms with van der Waals surface area (Å²) in [6, 6.07) is 0. The molecule has 0 amide bonds. The fourth-order valence-corrected chi connectivity index (χ4v) is 0.148.